The van der Waals surface area contributed by atoms with Gasteiger partial charge in [-0.1, -0.05) is 12.1 Å². The van der Waals surface area contributed by atoms with Gasteiger partial charge in [-0.05, 0) is 36.2 Å². The summed E-state index contributed by atoms with van der Waals surface area (Å²) < 4.78 is 21.7. The topological polar surface area (TPSA) is 99.0 Å². The standard InChI is InChI=1S/C24H17FN6O/c1-14-15(9-26)3-2-4-17(14)20-12-29-24(31-13-16(10-27)30-23(20)31)28-11-19-18-7-8-32-22(18)6-5-21(19)25/h2-6,12-13H,7-8,11H2,1H3,(H,28,29). The summed E-state index contributed by atoms with van der Waals surface area (Å²) in [6, 6.07) is 12.8. The second-order valence-electron chi connectivity index (χ2n) is 7.47. The molecule has 1 N–H and O–H groups in total. The number of hydrogen-bond donors (Lipinski definition) is 1. The molecule has 0 unspecified atom stereocenters. The van der Waals surface area contributed by atoms with Crippen LogP contribution in [0.4, 0.5) is 10.3 Å². The quantitative estimate of drug-likeness (QED) is 0.529. The molecule has 1 aliphatic rings. The highest BCUT2D eigenvalue weighted by atomic mass is 19.1. The van der Waals surface area contributed by atoms with Crippen molar-refractivity contribution >= 4 is 11.6 Å². The van der Waals surface area contributed by atoms with Gasteiger partial charge in [0.1, 0.15) is 17.6 Å². The summed E-state index contributed by atoms with van der Waals surface area (Å²) >= 11 is 0. The Morgan fingerprint density at radius 1 is 1.19 bits per heavy atom. The van der Waals surface area contributed by atoms with E-state index in [0.29, 0.717) is 47.1 Å². The van der Waals surface area contributed by atoms with Gasteiger partial charge in [-0.25, -0.2) is 14.4 Å². The van der Waals surface area contributed by atoms with E-state index in [4.69, 9.17) is 4.74 Å². The number of rotatable bonds is 4. The molecule has 2 aromatic carbocycles. The average molecular weight is 424 g/mol. The molecule has 0 spiro atoms. The molecule has 4 aromatic rings. The molecule has 1 aliphatic heterocycles. The summed E-state index contributed by atoms with van der Waals surface area (Å²) in [6.45, 7) is 2.62. The number of aromatic nitrogens is 3. The predicted molar refractivity (Wildman–Crippen MR) is 116 cm³/mol. The lowest BCUT2D eigenvalue weighted by atomic mass is 9.98. The summed E-state index contributed by atoms with van der Waals surface area (Å²) in [5.41, 5.74) is 5.04. The zero-order chi connectivity index (χ0) is 22.2. The number of nitriles is 2. The lowest BCUT2D eigenvalue weighted by molar-refractivity contribution is 0.356. The van der Waals surface area contributed by atoms with Crippen molar-refractivity contribution in [2.24, 2.45) is 0 Å². The molecule has 8 heteroatoms. The summed E-state index contributed by atoms with van der Waals surface area (Å²) in [6.07, 6.45) is 3.90. The molecule has 3 heterocycles. The molecule has 0 saturated carbocycles. The van der Waals surface area contributed by atoms with Crippen LogP contribution in [-0.4, -0.2) is 21.0 Å². The number of anilines is 1. The van der Waals surface area contributed by atoms with Crippen LogP contribution in [-0.2, 0) is 13.0 Å². The molecule has 0 atom stereocenters. The highest BCUT2D eigenvalue weighted by Crippen LogP contribution is 2.32. The van der Waals surface area contributed by atoms with Gasteiger partial charge in [0.15, 0.2) is 11.3 Å². The molecule has 0 aliphatic carbocycles. The van der Waals surface area contributed by atoms with E-state index in [2.05, 4.69) is 27.4 Å². The van der Waals surface area contributed by atoms with Gasteiger partial charge in [0, 0.05) is 35.9 Å². The Kier molecular flexibility index (Phi) is 4.68. The number of ether oxygens (including phenoxy) is 1. The Morgan fingerprint density at radius 3 is 2.88 bits per heavy atom. The molecule has 0 amide bonds. The predicted octanol–water partition coefficient (Wildman–Crippen LogP) is 4.13. The van der Waals surface area contributed by atoms with Gasteiger partial charge in [0.2, 0.25) is 5.95 Å². The summed E-state index contributed by atoms with van der Waals surface area (Å²) in [4.78, 5) is 8.97. The van der Waals surface area contributed by atoms with Crippen LogP contribution in [0.25, 0.3) is 16.8 Å². The fourth-order valence-electron chi connectivity index (χ4n) is 4.07. The van der Waals surface area contributed by atoms with Gasteiger partial charge in [0.25, 0.3) is 0 Å². The lowest BCUT2D eigenvalue weighted by Crippen LogP contribution is -2.10. The largest absolute Gasteiger partial charge is 0.493 e. The zero-order valence-corrected chi connectivity index (χ0v) is 17.2. The van der Waals surface area contributed by atoms with Crippen molar-refractivity contribution in [3.05, 3.63) is 76.5 Å². The number of hydrogen-bond acceptors (Lipinski definition) is 6. The van der Waals surface area contributed by atoms with Crippen molar-refractivity contribution in [2.75, 3.05) is 11.9 Å². The van der Waals surface area contributed by atoms with Crippen molar-refractivity contribution in [2.45, 2.75) is 19.9 Å². The highest BCUT2D eigenvalue weighted by Gasteiger charge is 2.20. The second kappa shape index (κ2) is 7.68. The first-order valence-corrected chi connectivity index (χ1v) is 10.1. The molecule has 0 radical (unpaired) electrons. The average Bonchev–Trinajstić information content (AvgIpc) is 3.46. The first-order chi connectivity index (χ1) is 15.6. The second-order valence-corrected chi connectivity index (χ2v) is 7.47. The molecule has 0 fully saturated rings. The van der Waals surface area contributed by atoms with Crippen LogP contribution in [0.15, 0.2) is 42.7 Å². The van der Waals surface area contributed by atoms with Crippen LogP contribution < -0.4 is 10.1 Å². The van der Waals surface area contributed by atoms with Crippen molar-refractivity contribution in [3.8, 4) is 29.0 Å². The fourth-order valence-corrected chi connectivity index (χ4v) is 4.07. The molecule has 5 rings (SSSR count). The van der Waals surface area contributed by atoms with Gasteiger partial charge in [-0.15, -0.1) is 0 Å². The molecule has 156 valence electrons. The van der Waals surface area contributed by atoms with Crippen LogP contribution in [0, 0.1) is 35.4 Å². The molecular weight excluding hydrogens is 407 g/mol. The first kappa shape index (κ1) is 19.5. The Balaban J connectivity index is 1.58. The highest BCUT2D eigenvalue weighted by molar-refractivity contribution is 5.81. The third kappa shape index (κ3) is 3.10. The number of fused-ring (bicyclic) bond motifs is 2. The van der Waals surface area contributed by atoms with E-state index in [1.54, 1.807) is 35.0 Å². The Morgan fingerprint density at radius 2 is 2.06 bits per heavy atom. The monoisotopic (exact) mass is 424 g/mol. The normalized spacial score (nSPS) is 12.1. The number of halogens is 1. The number of imidazole rings is 1. The van der Waals surface area contributed by atoms with E-state index in [1.807, 2.05) is 13.0 Å². The van der Waals surface area contributed by atoms with E-state index in [9.17, 15) is 14.9 Å². The summed E-state index contributed by atoms with van der Waals surface area (Å²) in [7, 11) is 0. The third-order valence-corrected chi connectivity index (χ3v) is 5.71. The summed E-state index contributed by atoms with van der Waals surface area (Å²) in [5, 5.41) is 22.0. The Hall–Kier alpha value is -4.43. The van der Waals surface area contributed by atoms with Gasteiger partial charge in [-0.3, -0.25) is 4.40 Å². The van der Waals surface area contributed by atoms with E-state index in [0.717, 1.165) is 16.7 Å². The minimum Gasteiger partial charge on any atom is -0.493 e. The van der Waals surface area contributed by atoms with Crippen molar-refractivity contribution in [1.82, 2.24) is 14.4 Å². The number of benzene rings is 2. The maximum atomic E-state index is 14.5. The number of nitrogens with zero attached hydrogens (tertiary/aromatic N) is 5. The summed E-state index contributed by atoms with van der Waals surface area (Å²) in [5.74, 6) is 0.837. The van der Waals surface area contributed by atoms with Crippen molar-refractivity contribution in [3.63, 3.8) is 0 Å². The van der Waals surface area contributed by atoms with Crippen LogP contribution in [0.5, 0.6) is 5.75 Å². The molecule has 0 bridgehead atoms. The maximum absolute atomic E-state index is 14.5. The smallest absolute Gasteiger partial charge is 0.208 e. The van der Waals surface area contributed by atoms with E-state index >= 15 is 0 Å². The van der Waals surface area contributed by atoms with Gasteiger partial charge >= 0.3 is 0 Å². The lowest BCUT2D eigenvalue weighted by Gasteiger charge is -2.14. The van der Waals surface area contributed by atoms with Crippen LogP contribution in [0.1, 0.15) is 27.9 Å². The van der Waals surface area contributed by atoms with Gasteiger partial charge in [0.05, 0.1) is 24.4 Å². The molecule has 7 nitrogen and oxygen atoms in total. The maximum Gasteiger partial charge on any atom is 0.208 e. The Labute approximate surface area is 183 Å². The molecule has 0 saturated heterocycles. The van der Waals surface area contributed by atoms with E-state index in [-0.39, 0.29) is 18.1 Å². The fraction of sp³-hybridized carbons (Fsp3) is 0.167. The van der Waals surface area contributed by atoms with Crippen LogP contribution in [0.3, 0.4) is 0 Å². The van der Waals surface area contributed by atoms with Crippen molar-refractivity contribution < 1.29 is 9.13 Å². The minimum absolute atomic E-state index is 0.211. The SMILES string of the molecule is Cc1c(C#N)cccc1-c1cnc(NCc2c(F)ccc3c2CCO3)n2cc(C#N)nc12. The Bertz CT molecular complexity index is 1460. The van der Waals surface area contributed by atoms with Crippen molar-refractivity contribution in [1.29, 1.82) is 10.5 Å². The molecule has 32 heavy (non-hydrogen) atoms. The van der Waals surface area contributed by atoms with Gasteiger partial charge in [-0.2, -0.15) is 10.5 Å². The van der Waals surface area contributed by atoms with Crippen LogP contribution >= 0.6 is 0 Å². The molecular formula is C24H17FN6O. The van der Waals surface area contributed by atoms with E-state index < -0.39 is 0 Å². The van der Waals surface area contributed by atoms with Crippen LogP contribution in [0.2, 0.25) is 0 Å². The first-order valence-electron chi connectivity index (χ1n) is 10.1. The number of nitrogens with one attached hydrogen (secondary N) is 1. The third-order valence-electron chi connectivity index (χ3n) is 5.71. The zero-order valence-electron chi connectivity index (χ0n) is 17.2. The minimum atomic E-state index is -0.304. The molecule has 2 aromatic heterocycles. The van der Waals surface area contributed by atoms with E-state index in [1.165, 1.54) is 6.07 Å². The van der Waals surface area contributed by atoms with Gasteiger partial charge < -0.3 is 10.1 Å².